The molecular weight excluding hydrogens is 340 g/mol. The highest BCUT2D eigenvalue weighted by atomic mass is 16.2. The van der Waals surface area contributed by atoms with Crippen LogP contribution in [0.2, 0.25) is 0 Å². The van der Waals surface area contributed by atoms with E-state index in [-0.39, 0.29) is 18.0 Å². The largest absolute Gasteiger partial charge is 0.348 e. The molecule has 27 heavy (non-hydrogen) atoms. The number of urea groups is 1. The summed E-state index contributed by atoms with van der Waals surface area (Å²) in [5.74, 6) is -0.225. The van der Waals surface area contributed by atoms with Gasteiger partial charge in [0.05, 0.1) is 6.04 Å². The highest BCUT2D eigenvalue weighted by molar-refractivity contribution is 5.89. The molecular formula is C21H26N4O2. The second-order valence-electron chi connectivity index (χ2n) is 7.11. The maximum Gasteiger partial charge on any atom is 0.319 e. The minimum absolute atomic E-state index is 0.185. The van der Waals surface area contributed by atoms with Gasteiger partial charge in [-0.15, -0.1) is 0 Å². The zero-order valence-electron chi connectivity index (χ0n) is 15.7. The Kier molecular flexibility index (Phi) is 5.76. The molecule has 2 aromatic carbocycles. The van der Waals surface area contributed by atoms with E-state index in [0.717, 1.165) is 29.5 Å². The molecule has 0 radical (unpaired) electrons. The lowest BCUT2D eigenvalue weighted by molar-refractivity contribution is -0.123. The molecule has 1 aliphatic carbocycles. The first kappa shape index (κ1) is 18.9. The van der Waals surface area contributed by atoms with E-state index in [9.17, 15) is 9.59 Å². The summed E-state index contributed by atoms with van der Waals surface area (Å²) in [4.78, 5) is 24.2. The highest BCUT2D eigenvalue weighted by Crippen LogP contribution is 2.20. The van der Waals surface area contributed by atoms with Crippen LogP contribution in [0.25, 0.3) is 0 Å². The van der Waals surface area contributed by atoms with E-state index in [0.29, 0.717) is 11.7 Å². The Morgan fingerprint density at radius 1 is 1.00 bits per heavy atom. The van der Waals surface area contributed by atoms with Crippen molar-refractivity contribution in [2.45, 2.75) is 44.8 Å². The zero-order chi connectivity index (χ0) is 19.4. The van der Waals surface area contributed by atoms with Gasteiger partial charge in [-0.1, -0.05) is 42.0 Å². The number of amides is 3. The summed E-state index contributed by atoms with van der Waals surface area (Å²) >= 11 is 0. The smallest absolute Gasteiger partial charge is 0.319 e. The third-order valence-corrected chi connectivity index (χ3v) is 4.66. The van der Waals surface area contributed by atoms with Crippen molar-refractivity contribution in [2.24, 2.45) is 5.73 Å². The van der Waals surface area contributed by atoms with Crippen LogP contribution in [0.4, 0.5) is 10.5 Å². The zero-order valence-corrected chi connectivity index (χ0v) is 15.7. The molecule has 0 heterocycles. The Labute approximate surface area is 159 Å². The molecule has 1 aliphatic rings. The van der Waals surface area contributed by atoms with Crippen LogP contribution in [0.3, 0.4) is 0 Å². The molecule has 5 N–H and O–H groups in total. The van der Waals surface area contributed by atoms with Crippen LogP contribution in [0.1, 0.15) is 48.5 Å². The molecule has 6 heteroatoms. The lowest BCUT2D eigenvalue weighted by atomic mass is 10.0. The second kappa shape index (κ2) is 8.22. The summed E-state index contributed by atoms with van der Waals surface area (Å²) in [6.45, 7) is 3.90. The van der Waals surface area contributed by atoms with Crippen LogP contribution in [-0.4, -0.2) is 18.0 Å². The molecule has 0 aliphatic heterocycles. The molecule has 2 atom stereocenters. The number of aryl methyl sites for hydroxylation is 1. The number of nitrogens with one attached hydrogen (secondary N) is 3. The van der Waals surface area contributed by atoms with Gasteiger partial charge in [0.25, 0.3) is 0 Å². The Morgan fingerprint density at radius 3 is 2.19 bits per heavy atom. The van der Waals surface area contributed by atoms with Crippen LogP contribution in [0, 0.1) is 6.92 Å². The molecule has 0 spiro atoms. The average Bonchev–Trinajstić information content (AvgIpc) is 3.46. The van der Waals surface area contributed by atoms with Crippen LogP contribution in [0.5, 0.6) is 0 Å². The van der Waals surface area contributed by atoms with Gasteiger partial charge in [-0.2, -0.15) is 0 Å². The Bertz CT molecular complexity index is 798. The minimum atomic E-state index is -0.708. The molecule has 142 valence electrons. The van der Waals surface area contributed by atoms with Crippen molar-refractivity contribution in [3.05, 3.63) is 65.2 Å². The van der Waals surface area contributed by atoms with E-state index in [1.807, 2.05) is 62.4 Å². The van der Waals surface area contributed by atoms with E-state index < -0.39 is 6.04 Å². The molecule has 0 aromatic heterocycles. The van der Waals surface area contributed by atoms with Crippen LogP contribution < -0.4 is 21.7 Å². The standard InChI is InChI=1S/C21H26N4O2/c1-13-3-5-16(6-4-13)19(22)20(26)23-14(2)15-7-9-17(10-8-15)24-21(27)25-18-11-12-18/h3-10,14,18-19H,11-12,22H2,1-2H3,(H,23,26)(H2,24,25,27). The van der Waals surface area contributed by atoms with Gasteiger partial charge >= 0.3 is 6.03 Å². The predicted octanol–water partition coefficient (Wildman–Crippen LogP) is 3.16. The van der Waals surface area contributed by atoms with Gasteiger partial charge in [0, 0.05) is 11.7 Å². The number of benzene rings is 2. The van der Waals surface area contributed by atoms with Crippen molar-refractivity contribution >= 4 is 17.6 Å². The molecule has 0 bridgehead atoms. The molecule has 0 saturated heterocycles. The summed E-state index contributed by atoms with van der Waals surface area (Å²) < 4.78 is 0. The van der Waals surface area contributed by atoms with Gasteiger partial charge in [0.15, 0.2) is 0 Å². The van der Waals surface area contributed by atoms with Crippen molar-refractivity contribution in [2.75, 3.05) is 5.32 Å². The summed E-state index contributed by atoms with van der Waals surface area (Å²) in [5, 5.41) is 8.62. The van der Waals surface area contributed by atoms with Gasteiger partial charge < -0.3 is 21.7 Å². The van der Waals surface area contributed by atoms with Crippen molar-refractivity contribution in [3.8, 4) is 0 Å². The van der Waals surface area contributed by atoms with Crippen molar-refractivity contribution < 1.29 is 9.59 Å². The Hall–Kier alpha value is -2.86. The highest BCUT2D eigenvalue weighted by Gasteiger charge is 2.23. The third-order valence-electron chi connectivity index (χ3n) is 4.66. The number of nitrogens with two attached hydrogens (primary N) is 1. The molecule has 2 unspecified atom stereocenters. The number of carbonyl (C=O) groups is 2. The Morgan fingerprint density at radius 2 is 1.59 bits per heavy atom. The maximum atomic E-state index is 12.4. The van der Waals surface area contributed by atoms with E-state index >= 15 is 0 Å². The fourth-order valence-corrected chi connectivity index (χ4v) is 2.75. The summed E-state index contributed by atoms with van der Waals surface area (Å²) in [6, 6.07) is 14.3. The average molecular weight is 366 g/mol. The minimum Gasteiger partial charge on any atom is -0.348 e. The topological polar surface area (TPSA) is 96.2 Å². The van der Waals surface area contributed by atoms with E-state index in [2.05, 4.69) is 16.0 Å². The fraction of sp³-hybridized carbons (Fsp3) is 0.333. The molecule has 1 saturated carbocycles. The molecule has 2 aromatic rings. The monoisotopic (exact) mass is 366 g/mol. The van der Waals surface area contributed by atoms with Gasteiger partial charge in [-0.25, -0.2) is 4.79 Å². The van der Waals surface area contributed by atoms with Crippen molar-refractivity contribution in [1.82, 2.24) is 10.6 Å². The summed E-state index contributed by atoms with van der Waals surface area (Å²) in [5.41, 5.74) is 9.63. The second-order valence-corrected chi connectivity index (χ2v) is 7.11. The summed E-state index contributed by atoms with van der Waals surface area (Å²) in [7, 11) is 0. The number of hydrogen-bond acceptors (Lipinski definition) is 3. The van der Waals surface area contributed by atoms with E-state index in [1.165, 1.54) is 0 Å². The number of carbonyl (C=O) groups excluding carboxylic acids is 2. The number of anilines is 1. The summed E-state index contributed by atoms with van der Waals surface area (Å²) in [6.07, 6.45) is 2.10. The fourth-order valence-electron chi connectivity index (χ4n) is 2.75. The van der Waals surface area contributed by atoms with Gasteiger partial charge in [0.2, 0.25) is 5.91 Å². The predicted molar refractivity (Wildman–Crippen MR) is 106 cm³/mol. The van der Waals surface area contributed by atoms with Crippen molar-refractivity contribution in [3.63, 3.8) is 0 Å². The molecule has 3 rings (SSSR count). The molecule has 3 amide bonds. The normalized spacial score (nSPS) is 15.5. The molecule has 6 nitrogen and oxygen atoms in total. The Balaban J connectivity index is 1.54. The van der Waals surface area contributed by atoms with Crippen LogP contribution in [-0.2, 0) is 4.79 Å². The van der Waals surface area contributed by atoms with Crippen molar-refractivity contribution in [1.29, 1.82) is 0 Å². The van der Waals surface area contributed by atoms with Gasteiger partial charge in [-0.05, 0) is 49.9 Å². The maximum absolute atomic E-state index is 12.4. The van der Waals surface area contributed by atoms with Crippen LogP contribution in [0.15, 0.2) is 48.5 Å². The first-order valence-corrected chi connectivity index (χ1v) is 9.22. The van der Waals surface area contributed by atoms with Gasteiger partial charge in [0.1, 0.15) is 6.04 Å². The lowest BCUT2D eigenvalue weighted by Crippen LogP contribution is -2.35. The SMILES string of the molecule is Cc1ccc(C(N)C(=O)NC(C)c2ccc(NC(=O)NC3CC3)cc2)cc1. The number of rotatable bonds is 6. The lowest BCUT2D eigenvalue weighted by Gasteiger charge is -2.18. The van der Waals surface area contributed by atoms with E-state index in [4.69, 9.17) is 5.73 Å². The quantitative estimate of drug-likeness (QED) is 0.632. The number of hydrogen-bond donors (Lipinski definition) is 4. The van der Waals surface area contributed by atoms with E-state index in [1.54, 1.807) is 0 Å². The molecule has 1 fully saturated rings. The first-order chi connectivity index (χ1) is 12.9. The van der Waals surface area contributed by atoms with Crippen LogP contribution >= 0.6 is 0 Å². The van der Waals surface area contributed by atoms with Gasteiger partial charge in [-0.3, -0.25) is 4.79 Å². The first-order valence-electron chi connectivity index (χ1n) is 9.22. The third kappa shape index (κ3) is 5.31.